The van der Waals surface area contributed by atoms with Gasteiger partial charge in [-0.25, -0.2) is 4.79 Å². The van der Waals surface area contributed by atoms with E-state index < -0.39 is 5.97 Å². The van der Waals surface area contributed by atoms with E-state index in [1.165, 1.54) is 6.21 Å². The third kappa shape index (κ3) is 4.18. The molecule has 0 aromatic heterocycles. The van der Waals surface area contributed by atoms with Crippen LogP contribution in [0.2, 0.25) is 0 Å². The lowest BCUT2D eigenvalue weighted by Gasteiger charge is -2.05. The fourth-order valence-corrected chi connectivity index (χ4v) is 2.62. The van der Waals surface area contributed by atoms with Gasteiger partial charge in [0.25, 0.3) is 0 Å². The van der Waals surface area contributed by atoms with Crippen LogP contribution in [0.4, 0.5) is 5.69 Å². The molecule has 0 spiro atoms. The Labute approximate surface area is 131 Å². The number of esters is 1. The van der Waals surface area contributed by atoms with Crippen molar-refractivity contribution in [1.82, 2.24) is 0 Å². The van der Waals surface area contributed by atoms with E-state index in [0.29, 0.717) is 0 Å². The maximum Gasteiger partial charge on any atom is 0.341 e. The van der Waals surface area contributed by atoms with E-state index in [1.807, 2.05) is 24.3 Å². The first-order valence-electron chi connectivity index (χ1n) is 6.40. The second kappa shape index (κ2) is 7.96. The normalized spacial score (nSPS) is 16.7. The number of anilines is 1. The molecule has 0 saturated heterocycles. The minimum atomic E-state index is -0.611. The third-order valence-corrected chi connectivity index (χ3v) is 3.73. The van der Waals surface area contributed by atoms with Gasteiger partial charge in [-0.15, -0.1) is 0 Å². The largest absolute Gasteiger partial charge is 0.462 e. The van der Waals surface area contributed by atoms with Crippen molar-refractivity contribution in [1.29, 1.82) is 0 Å². The maximum atomic E-state index is 11.7. The van der Waals surface area contributed by atoms with Gasteiger partial charge in [-0.2, -0.15) is 0 Å². The van der Waals surface area contributed by atoms with E-state index in [1.54, 1.807) is 11.8 Å². The number of hydrogen-bond donors (Lipinski definition) is 2. The lowest BCUT2D eigenvalue weighted by atomic mass is 10.3. The summed E-state index contributed by atoms with van der Waals surface area (Å²) in [7, 11) is 0. The Balaban J connectivity index is 1.88. The van der Waals surface area contributed by atoms with Crippen molar-refractivity contribution in [3.63, 3.8) is 0 Å². The Kier molecular flexibility index (Phi) is 5.70. The molecule has 0 bridgehead atoms. The quantitative estimate of drug-likeness (QED) is 0.158. The summed E-state index contributed by atoms with van der Waals surface area (Å²) in [5.41, 5.74) is 14.5. The lowest BCUT2D eigenvalue weighted by molar-refractivity contribution is -0.138. The van der Waals surface area contributed by atoms with Gasteiger partial charge < -0.3 is 15.8 Å². The van der Waals surface area contributed by atoms with E-state index >= 15 is 0 Å². The van der Waals surface area contributed by atoms with Crippen LogP contribution < -0.4 is 11.1 Å². The highest BCUT2D eigenvalue weighted by Crippen LogP contribution is 2.38. The molecule has 114 valence electrons. The van der Waals surface area contributed by atoms with E-state index in [-0.39, 0.29) is 24.2 Å². The van der Waals surface area contributed by atoms with Crippen LogP contribution in [0.25, 0.3) is 10.4 Å². The second-order valence-electron chi connectivity index (χ2n) is 4.10. The summed E-state index contributed by atoms with van der Waals surface area (Å²) >= 11 is 1.54. The number of fused-ring (bicyclic) bond motifs is 1. The summed E-state index contributed by atoms with van der Waals surface area (Å²) < 4.78 is 4.90. The van der Waals surface area contributed by atoms with Gasteiger partial charge in [0.05, 0.1) is 24.4 Å². The van der Waals surface area contributed by atoms with Crippen LogP contribution >= 0.6 is 11.8 Å². The molecule has 22 heavy (non-hydrogen) atoms. The molecule has 0 radical (unpaired) electrons. The average Bonchev–Trinajstić information content (AvgIpc) is 2.95. The highest BCUT2D eigenvalue weighted by molar-refractivity contribution is 8.00. The van der Waals surface area contributed by atoms with E-state index in [2.05, 4.69) is 20.3 Å². The predicted octanol–water partition coefficient (Wildman–Crippen LogP) is 2.25. The Morgan fingerprint density at radius 2 is 2.36 bits per heavy atom. The molecule has 1 aliphatic rings. The van der Waals surface area contributed by atoms with E-state index in [9.17, 15) is 4.79 Å². The Hall–Kier alpha value is -2.64. The van der Waals surface area contributed by atoms with Gasteiger partial charge in [-0.1, -0.05) is 29.0 Å². The van der Waals surface area contributed by atoms with E-state index in [0.717, 1.165) is 16.8 Å². The fraction of sp³-hybridized carbons (Fsp3) is 0.231. The molecular formula is C13H14N6O2S. The Bertz CT molecular complexity index is 629. The summed E-state index contributed by atoms with van der Waals surface area (Å²) in [6.07, 6.45) is 2.50. The molecule has 1 aromatic rings. The van der Waals surface area contributed by atoms with Crippen molar-refractivity contribution in [2.24, 2.45) is 15.8 Å². The van der Waals surface area contributed by atoms with Crippen molar-refractivity contribution in [2.45, 2.75) is 10.4 Å². The van der Waals surface area contributed by atoms with Gasteiger partial charge in [-0.3, -0.25) is 4.99 Å². The monoisotopic (exact) mass is 318 g/mol. The maximum absolute atomic E-state index is 11.7. The summed E-state index contributed by atoms with van der Waals surface area (Å²) in [5.74, 6) is -0.611. The SMILES string of the molecule is [N-]=[N+]=NCCOC(=O)C(C=NC1Nc2ccccc2S1)=CN. The molecule has 1 heterocycles. The molecule has 8 nitrogen and oxygen atoms in total. The van der Waals surface area contributed by atoms with Crippen LogP contribution in [0.15, 0.2) is 51.0 Å². The Morgan fingerprint density at radius 3 is 3.09 bits per heavy atom. The van der Waals surface area contributed by atoms with Crippen LogP contribution in [0, 0.1) is 0 Å². The number of hydrogen-bond acceptors (Lipinski definition) is 7. The van der Waals surface area contributed by atoms with Gasteiger partial charge in [0, 0.05) is 22.2 Å². The fourth-order valence-electron chi connectivity index (χ4n) is 1.66. The highest BCUT2D eigenvalue weighted by Gasteiger charge is 2.19. The zero-order valence-electron chi connectivity index (χ0n) is 11.5. The zero-order chi connectivity index (χ0) is 15.8. The van der Waals surface area contributed by atoms with Crippen molar-refractivity contribution in [3.8, 4) is 0 Å². The molecule has 0 fully saturated rings. The number of carbonyl (C=O) groups excluding carboxylic acids is 1. The van der Waals surface area contributed by atoms with Gasteiger partial charge in [0.2, 0.25) is 0 Å². The number of para-hydroxylation sites is 1. The Morgan fingerprint density at radius 1 is 1.55 bits per heavy atom. The molecule has 2 rings (SSSR count). The summed E-state index contributed by atoms with van der Waals surface area (Å²) in [4.78, 5) is 19.7. The molecule has 1 aliphatic heterocycles. The van der Waals surface area contributed by atoms with Gasteiger partial charge in [0.1, 0.15) is 0 Å². The highest BCUT2D eigenvalue weighted by atomic mass is 32.2. The van der Waals surface area contributed by atoms with Crippen molar-refractivity contribution < 1.29 is 9.53 Å². The van der Waals surface area contributed by atoms with Crippen LogP contribution in [-0.2, 0) is 9.53 Å². The molecule has 1 aromatic carbocycles. The molecule has 0 saturated carbocycles. The number of carbonyl (C=O) groups is 1. The van der Waals surface area contributed by atoms with Crippen LogP contribution in [0.3, 0.4) is 0 Å². The molecule has 3 N–H and O–H groups in total. The van der Waals surface area contributed by atoms with Crippen LogP contribution in [0.5, 0.6) is 0 Å². The van der Waals surface area contributed by atoms with E-state index in [4.69, 9.17) is 16.0 Å². The van der Waals surface area contributed by atoms with Crippen molar-refractivity contribution >= 4 is 29.6 Å². The topological polar surface area (TPSA) is 125 Å². The molecule has 0 amide bonds. The average molecular weight is 318 g/mol. The number of thioether (sulfide) groups is 1. The molecule has 0 aliphatic carbocycles. The third-order valence-electron chi connectivity index (χ3n) is 2.66. The molecular weight excluding hydrogens is 304 g/mol. The van der Waals surface area contributed by atoms with Gasteiger partial charge in [0.15, 0.2) is 5.50 Å². The summed E-state index contributed by atoms with van der Waals surface area (Å²) in [6, 6.07) is 7.84. The standard InChI is InChI=1S/C13H14N6O2S/c14-7-9(12(20)21-6-5-17-19-15)8-16-13-18-10-3-1-2-4-11(10)22-13/h1-4,7-8,13,18H,5-6,14H2. The minimum Gasteiger partial charge on any atom is -0.462 e. The zero-order valence-corrected chi connectivity index (χ0v) is 12.4. The predicted molar refractivity (Wildman–Crippen MR) is 85.4 cm³/mol. The lowest BCUT2D eigenvalue weighted by Crippen LogP contribution is -2.14. The summed E-state index contributed by atoms with van der Waals surface area (Å²) in [5, 5.41) is 6.47. The number of azide groups is 1. The first-order valence-corrected chi connectivity index (χ1v) is 7.28. The molecule has 9 heteroatoms. The number of nitrogens with zero attached hydrogens (tertiary/aromatic N) is 4. The number of rotatable bonds is 6. The smallest absolute Gasteiger partial charge is 0.341 e. The number of nitrogens with two attached hydrogens (primary N) is 1. The molecule has 1 unspecified atom stereocenters. The van der Waals surface area contributed by atoms with Gasteiger partial charge in [-0.05, 0) is 17.7 Å². The number of ether oxygens (including phenoxy) is 1. The molecule has 1 atom stereocenters. The first-order chi connectivity index (χ1) is 10.7. The van der Waals surface area contributed by atoms with Crippen molar-refractivity contribution in [3.05, 3.63) is 46.5 Å². The minimum absolute atomic E-state index is 0.00402. The number of aliphatic imine (C=N–C) groups is 1. The first kappa shape index (κ1) is 15.7. The second-order valence-corrected chi connectivity index (χ2v) is 5.22. The van der Waals surface area contributed by atoms with Crippen LogP contribution in [0.1, 0.15) is 0 Å². The summed E-state index contributed by atoms with van der Waals surface area (Å²) in [6.45, 7) is 0.0719. The van der Waals surface area contributed by atoms with Crippen molar-refractivity contribution in [2.75, 3.05) is 18.5 Å². The number of nitrogens with one attached hydrogen (secondary N) is 1. The van der Waals surface area contributed by atoms with Crippen LogP contribution in [-0.4, -0.2) is 30.8 Å². The van der Waals surface area contributed by atoms with Gasteiger partial charge >= 0.3 is 5.97 Å². The number of benzene rings is 1.